The van der Waals surface area contributed by atoms with Gasteiger partial charge in [0.25, 0.3) is 11.8 Å². The van der Waals surface area contributed by atoms with Crippen molar-refractivity contribution >= 4 is 39.2 Å². The topological polar surface area (TPSA) is 178 Å². The summed E-state index contributed by atoms with van der Waals surface area (Å²) in [5.41, 5.74) is -0.496. The summed E-state index contributed by atoms with van der Waals surface area (Å²) < 4.78 is 31.6. The highest BCUT2D eigenvalue weighted by molar-refractivity contribution is 7.84. The van der Waals surface area contributed by atoms with Crippen LogP contribution in [0.25, 0.3) is 0 Å². The van der Waals surface area contributed by atoms with Crippen LogP contribution in [0.3, 0.4) is 0 Å². The van der Waals surface area contributed by atoms with Gasteiger partial charge in [0.15, 0.2) is 18.1 Å². The Bertz CT molecular complexity index is 1160. The highest BCUT2D eigenvalue weighted by Crippen LogP contribution is 2.23. The lowest BCUT2D eigenvalue weighted by molar-refractivity contribution is -0.143. The standard InChI is InChI=1S/C16H16N4O8S2/c1-8-13(16(24)20(8)30(25,26)27)18-15(23)14(12-3-2-4-29-12)19-28-7-9-5-10(21)11(22)6-17-9/h2-6,8,13,22H,7H2,1H3,(H,17,21)(H,18,23)(H,25,26,27)/b19-14-/t8-,13-/m0/s1. The number of aromatic nitrogens is 1. The number of carbonyl (C=O) groups excluding carboxylic acids is 2. The van der Waals surface area contributed by atoms with Crippen molar-refractivity contribution in [1.29, 1.82) is 0 Å². The molecule has 3 heterocycles. The zero-order valence-electron chi connectivity index (χ0n) is 15.3. The maximum Gasteiger partial charge on any atom is 0.362 e. The molecule has 3 rings (SSSR count). The second-order valence-corrected chi connectivity index (χ2v) is 8.44. The summed E-state index contributed by atoms with van der Waals surface area (Å²) in [5, 5.41) is 17.1. The fourth-order valence-corrected chi connectivity index (χ4v) is 4.27. The van der Waals surface area contributed by atoms with Crippen LogP contribution in [0, 0.1) is 0 Å². The number of aromatic hydroxyl groups is 1. The first kappa shape index (κ1) is 21.5. The first-order chi connectivity index (χ1) is 14.1. The van der Waals surface area contributed by atoms with Crippen LogP contribution in [0.1, 0.15) is 17.5 Å². The third kappa shape index (κ3) is 4.34. The summed E-state index contributed by atoms with van der Waals surface area (Å²) in [5.74, 6) is -2.23. The van der Waals surface area contributed by atoms with Crippen LogP contribution < -0.4 is 10.7 Å². The number of pyridine rings is 1. The molecular formula is C16H16N4O8S2. The van der Waals surface area contributed by atoms with E-state index in [2.05, 4.69) is 15.5 Å². The number of nitrogens with one attached hydrogen (secondary N) is 2. The minimum atomic E-state index is -4.72. The van der Waals surface area contributed by atoms with Gasteiger partial charge in [-0.2, -0.15) is 8.42 Å². The van der Waals surface area contributed by atoms with E-state index < -0.39 is 45.4 Å². The van der Waals surface area contributed by atoms with Crippen LogP contribution in [0.5, 0.6) is 5.75 Å². The van der Waals surface area contributed by atoms with E-state index in [4.69, 9.17) is 9.39 Å². The van der Waals surface area contributed by atoms with Gasteiger partial charge in [-0.3, -0.25) is 18.9 Å². The smallest absolute Gasteiger partial charge is 0.362 e. The average molecular weight is 456 g/mol. The number of nitrogens with zero attached hydrogens (tertiary/aromatic N) is 2. The van der Waals surface area contributed by atoms with E-state index in [0.29, 0.717) is 10.6 Å². The molecule has 2 aromatic rings. The molecule has 0 unspecified atom stereocenters. The Hall–Kier alpha value is -3.23. The van der Waals surface area contributed by atoms with Crippen LogP contribution in [0.4, 0.5) is 0 Å². The van der Waals surface area contributed by atoms with Gasteiger partial charge in [-0.25, -0.2) is 4.31 Å². The van der Waals surface area contributed by atoms with Gasteiger partial charge in [0.1, 0.15) is 6.04 Å². The molecule has 0 aliphatic carbocycles. The van der Waals surface area contributed by atoms with Crippen molar-refractivity contribution in [2.24, 2.45) is 5.16 Å². The van der Waals surface area contributed by atoms with Crippen molar-refractivity contribution in [1.82, 2.24) is 14.6 Å². The Balaban J connectivity index is 1.73. The highest BCUT2D eigenvalue weighted by Gasteiger charge is 2.51. The molecule has 0 saturated carbocycles. The molecular weight excluding hydrogens is 440 g/mol. The van der Waals surface area contributed by atoms with E-state index >= 15 is 0 Å². The Morgan fingerprint density at radius 2 is 2.17 bits per heavy atom. The lowest BCUT2D eigenvalue weighted by Crippen LogP contribution is -2.71. The van der Waals surface area contributed by atoms with E-state index in [9.17, 15) is 27.9 Å². The summed E-state index contributed by atoms with van der Waals surface area (Å²) in [6.07, 6.45) is 1.09. The molecule has 1 saturated heterocycles. The molecule has 0 bridgehead atoms. The minimum absolute atomic E-state index is 0.170. The van der Waals surface area contributed by atoms with Crippen molar-refractivity contribution in [2.45, 2.75) is 25.6 Å². The molecule has 0 spiro atoms. The molecule has 14 heteroatoms. The predicted molar refractivity (Wildman–Crippen MR) is 104 cm³/mol. The van der Waals surface area contributed by atoms with Crippen molar-refractivity contribution in [2.75, 3.05) is 0 Å². The zero-order chi connectivity index (χ0) is 22.1. The molecule has 1 aliphatic heterocycles. The highest BCUT2D eigenvalue weighted by atomic mass is 32.2. The first-order valence-electron chi connectivity index (χ1n) is 8.35. The van der Waals surface area contributed by atoms with E-state index in [1.165, 1.54) is 18.3 Å². The molecule has 0 radical (unpaired) electrons. The second-order valence-electron chi connectivity index (χ2n) is 6.20. The summed E-state index contributed by atoms with van der Waals surface area (Å²) in [6, 6.07) is 2.21. The number of rotatable bonds is 7. The van der Waals surface area contributed by atoms with Gasteiger partial charge in [-0.15, -0.1) is 11.3 Å². The normalized spacial score (nSPS) is 19.3. The summed E-state index contributed by atoms with van der Waals surface area (Å²) in [4.78, 5) is 44.2. The maximum absolute atomic E-state index is 12.6. The number of hydrogen-bond acceptors (Lipinski definition) is 9. The van der Waals surface area contributed by atoms with E-state index in [1.807, 2.05) is 0 Å². The fraction of sp³-hybridized carbons (Fsp3) is 0.250. The summed E-state index contributed by atoms with van der Waals surface area (Å²) >= 11 is 1.18. The van der Waals surface area contributed by atoms with Crippen LogP contribution in [-0.4, -0.2) is 57.0 Å². The SMILES string of the molecule is C[C@H]1[C@H](NC(=O)/C(=N\OCc2cc(=O)c(O)c[nH]2)c2cccs2)C(=O)N1S(=O)(=O)O. The van der Waals surface area contributed by atoms with Crippen molar-refractivity contribution < 1.29 is 32.5 Å². The number of H-pyrrole nitrogens is 1. The zero-order valence-corrected chi connectivity index (χ0v) is 16.9. The predicted octanol–water partition coefficient (Wildman–Crippen LogP) is -0.419. The van der Waals surface area contributed by atoms with Crippen molar-refractivity contribution in [3.63, 3.8) is 0 Å². The molecule has 2 aromatic heterocycles. The molecule has 2 atom stereocenters. The molecule has 2 amide bonds. The molecule has 1 fully saturated rings. The number of oxime groups is 1. The number of carbonyl (C=O) groups is 2. The Labute approximate surface area is 173 Å². The molecule has 1 aliphatic rings. The first-order valence-corrected chi connectivity index (χ1v) is 10.6. The molecule has 0 aromatic carbocycles. The van der Waals surface area contributed by atoms with Gasteiger partial charge >= 0.3 is 10.3 Å². The van der Waals surface area contributed by atoms with Crippen molar-refractivity contribution in [3.8, 4) is 5.75 Å². The largest absolute Gasteiger partial charge is 0.503 e. The van der Waals surface area contributed by atoms with Crippen molar-refractivity contribution in [3.05, 3.63) is 50.6 Å². The number of aromatic amines is 1. The second kappa shape index (κ2) is 8.25. The third-order valence-corrected chi connectivity index (χ3v) is 6.05. The fourth-order valence-electron chi connectivity index (χ4n) is 2.68. The monoisotopic (exact) mass is 456 g/mol. The molecule has 160 valence electrons. The third-order valence-electron chi connectivity index (χ3n) is 4.17. The average Bonchev–Trinajstić information content (AvgIpc) is 3.19. The van der Waals surface area contributed by atoms with Crippen LogP contribution in [0.15, 0.2) is 39.7 Å². The number of β-lactam (4-membered cyclic amide) rings is 1. The van der Waals surface area contributed by atoms with Gasteiger partial charge < -0.3 is 20.2 Å². The lowest BCUT2D eigenvalue weighted by atomic mass is 10.0. The number of thiophene rings is 1. The Morgan fingerprint density at radius 3 is 2.73 bits per heavy atom. The Kier molecular flexibility index (Phi) is 5.91. The number of hydrogen-bond donors (Lipinski definition) is 4. The van der Waals surface area contributed by atoms with E-state index in [1.54, 1.807) is 17.5 Å². The summed E-state index contributed by atoms with van der Waals surface area (Å²) in [7, 11) is -4.72. The minimum Gasteiger partial charge on any atom is -0.503 e. The van der Waals surface area contributed by atoms with Gasteiger partial charge in [-0.05, 0) is 18.4 Å². The lowest BCUT2D eigenvalue weighted by Gasteiger charge is -2.42. The molecule has 12 nitrogen and oxygen atoms in total. The quantitative estimate of drug-likeness (QED) is 0.188. The van der Waals surface area contributed by atoms with Gasteiger partial charge in [0.2, 0.25) is 5.43 Å². The van der Waals surface area contributed by atoms with Gasteiger partial charge in [0, 0.05) is 12.3 Å². The van der Waals surface area contributed by atoms with E-state index in [0.717, 1.165) is 12.3 Å². The Morgan fingerprint density at radius 1 is 1.43 bits per heavy atom. The van der Waals surface area contributed by atoms with Gasteiger partial charge in [0.05, 0.1) is 16.6 Å². The maximum atomic E-state index is 12.6. The van der Waals surface area contributed by atoms with Crippen LogP contribution >= 0.6 is 11.3 Å². The van der Waals surface area contributed by atoms with E-state index in [-0.39, 0.29) is 16.6 Å². The molecule has 4 N–H and O–H groups in total. The number of amides is 2. The van der Waals surface area contributed by atoms with Crippen LogP contribution in [-0.2, 0) is 31.3 Å². The van der Waals surface area contributed by atoms with Gasteiger partial charge in [-0.1, -0.05) is 11.2 Å². The summed E-state index contributed by atoms with van der Waals surface area (Å²) in [6.45, 7) is 1.13. The van der Waals surface area contributed by atoms with Crippen LogP contribution in [0.2, 0.25) is 0 Å². The molecule has 30 heavy (non-hydrogen) atoms.